The van der Waals surface area contributed by atoms with E-state index in [0.29, 0.717) is 33.7 Å². The van der Waals surface area contributed by atoms with E-state index in [9.17, 15) is 4.79 Å². The summed E-state index contributed by atoms with van der Waals surface area (Å²) in [6.07, 6.45) is 3.88. The number of aryl methyl sites for hydroxylation is 1. The third kappa shape index (κ3) is 4.66. The number of rotatable bonds is 7. The van der Waals surface area contributed by atoms with Gasteiger partial charge < -0.3 is 9.51 Å². The van der Waals surface area contributed by atoms with Crippen molar-refractivity contribution in [2.45, 2.75) is 22.7 Å². The third-order valence-electron chi connectivity index (χ3n) is 6.19. The first-order chi connectivity index (χ1) is 18.6. The first-order valence-corrected chi connectivity index (χ1v) is 14.2. The highest BCUT2D eigenvalue weighted by atomic mass is 32.2. The summed E-state index contributed by atoms with van der Waals surface area (Å²) in [4.78, 5) is 27.6. The molecule has 0 amide bonds. The van der Waals surface area contributed by atoms with Crippen LogP contribution >= 0.6 is 23.5 Å². The maximum atomic E-state index is 13.8. The molecule has 6 rings (SSSR count). The average molecular weight is 538 g/mol. The van der Waals surface area contributed by atoms with Crippen LogP contribution in [0.4, 0.5) is 0 Å². The molecule has 3 heterocycles. The molecule has 0 radical (unpaired) electrons. The van der Waals surface area contributed by atoms with Crippen molar-refractivity contribution >= 4 is 34.6 Å². The highest BCUT2D eigenvalue weighted by Crippen LogP contribution is 2.30. The number of fused-ring (bicyclic) bond motifs is 1. The molecule has 188 valence electrons. The maximum absolute atomic E-state index is 13.8. The molecule has 7 nitrogen and oxygen atoms in total. The summed E-state index contributed by atoms with van der Waals surface area (Å²) in [5, 5.41) is 4.71. The summed E-state index contributed by atoms with van der Waals surface area (Å²) in [5.74, 6) is 1.36. The van der Waals surface area contributed by atoms with Crippen molar-refractivity contribution < 1.29 is 4.52 Å². The molecule has 0 spiro atoms. The third-order valence-corrected chi connectivity index (χ3v) is 7.85. The number of H-pyrrole nitrogens is 1. The zero-order chi connectivity index (χ0) is 26.1. The van der Waals surface area contributed by atoms with Crippen molar-refractivity contribution in [2.75, 3.05) is 6.26 Å². The van der Waals surface area contributed by atoms with Crippen LogP contribution in [0.3, 0.4) is 0 Å². The Morgan fingerprint density at radius 1 is 0.921 bits per heavy atom. The number of thioether (sulfide) groups is 2. The fourth-order valence-corrected chi connectivity index (χ4v) is 5.44. The van der Waals surface area contributed by atoms with Crippen LogP contribution in [0.15, 0.2) is 104 Å². The molecule has 6 aromatic rings. The van der Waals surface area contributed by atoms with Crippen molar-refractivity contribution in [3.05, 3.63) is 107 Å². The minimum atomic E-state index is -0.163. The van der Waals surface area contributed by atoms with Gasteiger partial charge in [-0.2, -0.15) is 4.98 Å². The summed E-state index contributed by atoms with van der Waals surface area (Å²) in [6.45, 7) is 2.02. The van der Waals surface area contributed by atoms with E-state index in [2.05, 4.69) is 15.1 Å². The van der Waals surface area contributed by atoms with Crippen molar-refractivity contribution in [1.29, 1.82) is 0 Å². The molecule has 3 aromatic carbocycles. The summed E-state index contributed by atoms with van der Waals surface area (Å²) in [6, 6.07) is 25.8. The molecule has 0 saturated heterocycles. The van der Waals surface area contributed by atoms with Crippen LogP contribution in [-0.4, -0.2) is 30.9 Å². The van der Waals surface area contributed by atoms with Crippen LogP contribution in [0, 0.1) is 6.92 Å². The van der Waals surface area contributed by atoms with E-state index in [1.54, 1.807) is 16.3 Å². The summed E-state index contributed by atoms with van der Waals surface area (Å²) in [7, 11) is 0. The van der Waals surface area contributed by atoms with Gasteiger partial charge in [0, 0.05) is 22.2 Å². The van der Waals surface area contributed by atoms with Crippen LogP contribution in [0.1, 0.15) is 11.5 Å². The molecule has 38 heavy (non-hydrogen) atoms. The lowest BCUT2D eigenvalue weighted by atomic mass is 10.1. The van der Waals surface area contributed by atoms with Gasteiger partial charge in [0.2, 0.25) is 11.7 Å². The average Bonchev–Trinajstić information content (AvgIpc) is 3.61. The van der Waals surface area contributed by atoms with Gasteiger partial charge in [0.25, 0.3) is 5.56 Å². The largest absolute Gasteiger partial charge is 0.355 e. The summed E-state index contributed by atoms with van der Waals surface area (Å²) in [5.41, 5.74) is 5.54. The predicted molar refractivity (Wildman–Crippen MR) is 153 cm³/mol. The molecule has 0 aliphatic heterocycles. The Morgan fingerprint density at radius 3 is 2.42 bits per heavy atom. The monoisotopic (exact) mass is 537 g/mol. The second-order valence-corrected chi connectivity index (χ2v) is 10.5. The Kier molecular flexibility index (Phi) is 6.61. The number of nitrogens with one attached hydrogen (secondary N) is 1. The fraction of sp³-hybridized carbons (Fsp3) is 0.103. The van der Waals surface area contributed by atoms with Crippen LogP contribution in [0.5, 0.6) is 0 Å². The van der Waals surface area contributed by atoms with Crippen LogP contribution < -0.4 is 5.56 Å². The van der Waals surface area contributed by atoms with Gasteiger partial charge in [-0.05, 0) is 55.1 Å². The fourth-order valence-electron chi connectivity index (χ4n) is 4.19. The number of nitrogens with zero attached hydrogens (tertiary/aromatic N) is 4. The first-order valence-electron chi connectivity index (χ1n) is 12.0. The summed E-state index contributed by atoms with van der Waals surface area (Å²) < 4.78 is 7.18. The van der Waals surface area contributed by atoms with Crippen molar-refractivity contribution in [3.8, 4) is 28.2 Å². The Morgan fingerprint density at radius 2 is 1.68 bits per heavy atom. The smallest absolute Gasteiger partial charge is 0.283 e. The van der Waals surface area contributed by atoms with Gasteiger partial charge in [-0.3, -0.25) is 9.36 Å². The van der Waals surface area contributed by atoms with Crippen molar-refractivity contribution in [3.63, 3.8) is 0 Å². The number of hydrogen-bond donors (Lipinski definition) is 1. The van der Waals surface area contributed by atoms with Gasteiger partial charge in [-0.25, -0.2) is 4.98 Å². The minimum Gasteiger partial charge on any atom is -0.355 e. The highest BCUT2D eigenvalue weighted by molar-refractivity contribution is 7.98. The van der Waals surface area contributed by atoms with Gasteiger partial charge in [0.1, 0.15) is 11.0 Å². The SMILES string of the molecule is CSc1ccc(-c2noc(CSc3nc4c(-c5ccccc5)c[nH]c4c(=O)n3-c3ccc(C)cc3)n2)cc1. The standard InChI is InChI=1S/C29H23N5O2S2/c1-18-8-12-21(13-9-18)34-28(35)26-25(23(16-30-26)19-6-4-3-5-7-19)32-29(34)38-17-24-31-27(33-36-24)20-10-14-22(37-2)15-11-20/h3-16,30H,17H2,1-2H3. The van der Waals surface area contributed by atoms with Crippen molar-refractivity contribution in [2.24, 2.45) is 0 Å². The van der Waals surface area contributed by atoms with E-state index >= 15 is 0 Å². The molecule has 3 aromatic heterocycles. The molecule has 0 aliphatic carbocycles. The lowest BCUT2D eigenvalue weighted by Gasteiger charge is -2.12. The van der Waals surface area contributed by atoms with Gasteiger partial charge in [0.15, 0.2) is 5.16 Å². The van der Waals surface area contributed by atoms with E-state index in [-0.39, 0.29) is 5.56 Å². The van der Waals surface area contributed by atoms with Gasteiger partial charge >= 0.3 is 0 Å². The molecule has 1 N–H and O–H groups in total. The number of hydrogen-bond acceptors (Lipinski definition) is 7. The second kappa shape index (κ2) is 10.4. The van der Waals surface area contributed by atoms with E-state index in [1.807, 2.05) is 98.2 Å². The predicted octanol–water partition coefficient (Wildman–Crippen LogP) is 6.75. The zero-order valence-electron chi connectivity index (χ0n) is 20.7. The van der Waals surface area contributed by atoms with E-state index in [0.717, 1.165) is 27.9 Å². The molecule has 0 saturated carbocycles. The summed E-state index contributed by atoms with van der Waals surface area (Å²) >= 11 is 3.07. The lowest BCUT2D eigenvalue weighted by Crippen LogP contribution is -2.21. The van der Waals surface area contributed by atoms with Crippen LogP contribution in [-0.2, 0) is 5.75 Å². The Labute approximate surface area is 227 Å². The molecular weight excluding hydrogens is 514 g/mol. The zero-order valence-corrected chi connectivity index (χ0v) is 22.3. The van der Waals surface area contributed by atoms with Gasteiger partial charge in [0.05, 0.1) is 11.4 Å². The first kappa shape index (κ1) is 24.3. The number of aromatic nitrogens is 5. The molecular formula is C29H23N5O2S2. The number of benzene rings is 3. The molecule has 0 aliphatic rings. The molecule has 0 fully saturated rings. The quantitative estimate of drug-likeness (QED) is 0.178. The van der Waals surface area contributed by atoms with Crippen LogP contribution in [0.2, 0.25) is 0 Å². The minimum absolute atomic E-state index is 0.163. The Bertz CT molecular complexity index is 1770. The van der Waals surface area contributed by atoms with E-state index in [4.69, 9.17) is 9.51 Å². The maximum Gasteiger partial charge on any atom is 0.283 e. The molecule has 0 bridgehead atoms. The second-order valence-electron chi connectivity index (χ2n) is 8.69. The number of aromatic amines is 1. The van der Waals surface area contributed by atoms with Crippen molar-refractivity contribution in [1.82, 2.24) is 24.7 Å². The van der Waals surface area contributed by atoms with Crippen LogP contribution in [0.25, 0.3) is 39.2 Å². The van der Waals surface area contributed by atoms with Gasteiger partial charge in [-0.1, -0.05) is 64.9 Å². The molecule has 0 unspecified atom stereocenters. The molecule has 0 atom stereocenters. The van der Waals surface area contributed by atoms with E-state index in [1.165, 1.54) is 16.7 Å². The topological polar surface area (TPSA) is 89.6 Å². The van der Waals surface area contributed by atoms with E-state index < -0.39 is 0 Å². The normalized spacial score (nSPS) is 11.3. The Hall–Kier alpha value is -4.08. The molecule has 9 heteroatoms. The highest BCUT2D eigenvalue weighted by Gasteiger charge is 2.19. The Balaban J connectivity index is 1.39. The lowest BCUT2D eigenvalue weighted by molar-refractivity contribution is 0.391. The van der Waals surface area contributed by atoms with Gasteiger partial charge in [-0.15, -0.1) is 11.8 Å².